The van der Waals surface area contributed by atoms with Gasteiger partial charge in [-0.25, -0.2) is 9.78 Å². The fraction of sp³-hybridized carbons (Fsp3) is 0.286. The first-order valence-electron chi connectivity index (χ1n) is 9.38. The Kier molecular flexibility index (Phi) is 6.26. The highest BCUT2D eigenvalue weighted by atomic mass is 16.5. The summed E-state index contributed by atoms with van der Waals surface area (Å²) in [6.45, 7) is 4.59. The van der Waals surface area contributed by atoms with E-state index in [0.717, 1.165) is 29.8 Å². The molecule has 28 heavy (non-hydrogen) atoms. The lowest BCUT2D eigenvalue weighted by Gasteiger charge is -2.10. The van der Waals surface area contributed by atoms with Crippen LogP contribution in [-0.2, 0) is 26.4 Å². The molecule has 146 valence electrons. The second kappa shape index (κ2) is 9.03. The zero-order chi connectivity index (χ0) is 19.9. The molecular formula is C21H25N5O2. The Bertz CT molecular complexity index is 920. The van der Waals surface area contributed by atoms with E-state index in [-0.39, 0.29) is 6.03 Å². The lowest BCUT2D eigenvalue weighted by Crippen LogP contribution is -2.28. The third kappa shape index (κ3) is 4.68. The quantitative estimate of drug-likeness (QED) is 0.649. The van der Waals surface area contributed by atoms with Crippen LogP contribution >= 0.6 is 0 Å². The van der Waals surface area contributed by atoms with Gasteiger partial charge in [0.15, 0.2) is 0 Å². The van der Waals surface area contributed by atoms with E-state index in [2.05, 4.69) is 34.6 Å². The number of hydrogen-bond donors (Lipinski definition) is 2. The number of para-hydroxylation sites is 1. The van der Waals surface area contributed by atoms with Crippen molar-refractivity contribution in [3.63, 3.8) is 0 Å². The average Bonchev–Trinajstić information content (AvgIpc) is 3.03. The zero-order valence-electron chi connectivity index (χ0n) is 16.4. The molecule has 0 unspecified atom stereocenters. The maximum atomic E-state index is 12.3. The van der Waals surface area contributed by atoms with Crippen molar-refractivity contribution in [1.82, 2.24) is 20.1 Å². The summed E-state index contributed by atoms with van der Waals surface area (Å²) in [5.41, 5.74) is 3.84. The number of carbonyl (C=O) groups is 1. The highest BCUT2D eigenvalue weighted by Gasteiger charge is 2.14. The minimum absolute atomic E-state index is 0.286. The van der Waals surface area contributed by atoms with Gasteiger partial charge in [0.25, 0.3) is 0 Å². The molecule has 0 saturated heterocycles. The van der Waals surface area contributed by atoms with Crippen LogP contribution in [0.2, 0.25) is 0 Å². The smallest absolute Gasteiger partial charge is 0.319 e. The second-order valence-electron chi connectivity index (χ2n) is 6.31. The predicted molar refractivity (Wildman–Crippen MR) is 109 cm³/mol. The van der Waals surface area contributed by atoms with Crippen molar-refractivity contribution in [2.75, 3.05) is 5.32 Å². The number of aryl methyl sites for hydroxylation is 2. The molecule has 0 aliphatic rings. The van der Waals surface area contributed by atoms with E-state index in [0.29, 0.717) is 23.9 Å². The number of amides is 2. The number of pyridine rings is 1. The van der Waals surface area contributed by atoms with Gasteiger partial charge in [-0.3, -0.25) is 4.68 Å². The molecule has 0 fully saturated rings. The molecular weight excluding hydrogens is 354 g/mol. The lowest BCUT2D eigenvalue weighted by atomic mass is 10.1. The molecule has 0 bridgehead atoms. The molecule has 0 saturated carbocycles. The number of nitrogens with one attached hydrogen (secondary N) is 2. The molecule has 0 aliphatic carbocycles. The van der Waals surface area contributed by atoms with Gasteiger partial charge in [0.05, 0.1) is 17.6 Å². The summed E-state index contributed by atoms with van der Waals surface area (Å²) >= 11 is 0. The van der Waals surface area contributed by atoms with Crippen molar-refractivity contribution >= 4 is 11.7 Å². The van der Waals surface area contributed by atoms with Gasteiger partial charge >= 0.3 is 6.03 Å². The van der Waals surface area contributed by atoms with E-state index in [4.69, 9.17) is 4.74 Å². The van der Waals surface area contributed by atoms with E-state index in [1.165, 1.54) is 0 Å². The van der Waals surface area contributed by atoms with Gasteiger partial charge in [-0.2, -0.15) is 5.10 Å². The minimum Gasteiger partial charge on any atom is -0.439 e. The maximum absolute atomic E-state index is 12.3. The van der Waals surface area contributed by atoms with Crippen LogP contribution in [0.5, 0.6) is 11.6 Å². The van der Waals surface area contributed by atoms with Crippen LogP contribution in [0.25, 0.3) is 0 Å². The lowest BCUT2D eigenvalue weighted by molar-refractivity contribution is 0.251. The summed E-state index contributed by atoms with van der Waals surface area (Å²) in [6, 6.07) is 12.6. The van der Waals surface area contributed by atoms with Crippen LogP contribution in [0, 0.1) is 0 Å². The van der Waals surface area contributed by atoms with Crippen LogP contribution in [-0.4, -0.2) is 20.8 Å². The third-order valence-electron chi connectivity index (χ3n) is 4.41. The normalized spacial score (nSPS) is 10.5. The van der Waals surface area contributed by atoms with E-state index in [1.54, 1.807) is 18.3 Å². The summed E-state index contributed by atoms with van der Waals surface area (Å²) in [5.74, 6) is 1.18. The summed E-state index contributed by atoms with van der Waals surface area (Å²) < 4.78 is 7.54. The van der Waals surface area contributed by atoms with Crippen LogP contribution in [0.15, 0.2) is 48.7 Å². The fourth-order valence-corrected chi connectivity index (χ4v) is 3.06. The molecule has 2 amide bonds. The van der Waals surface area contributed by atoms with Crippen LogP contribution < -0.4 is 15.4 Å². The molecule has 0 radical (unpaired) electrons. The van der Waals surface area contributed by atoms with E-state index in [9.17, 15) is 4.79 Å². The van der Waals surface area contributed by atoms with Gasteiger partial charge < -0.3 is 15.4 Å². The summed E-state index contributed by atoms with van der Waals surface area (Å²) in [7, 11) is 1.94. The number of benzene rings is 1. The molecule has 1 aromatic carbocycles. The van der Waals surface area contributed by atoms with Crippen LogP contribution in [0.3, 0.4) is 0 Å². The van der Waals surface area contributed by atoms with Crippen LogP contribution in [0.1, 0.15) is 30.8 Å². The van der Waals surface area contributed by atoms with Crippen molar-refractivity contribution in [3.05, 3.63) is 65.6 Å². The molecule has 0 spiro atoms. The number of rotatable bonds is 7. The third-order valence-corrected chi connectivity index (χ3v) is 4.41. The molecule has 7 heteroatoms. The molecule has 0 aliphatic heterocycles. The summed E-state index contributed by atoms with van der Waals surface area (Å²) in [6.07, 6.45) is 3.27. The van der Waals surface area contributed by atoms with Gasteiger partial charge in [-0.15, -0.1) is 0 Å². The SMILES string of the molecule is CCc1nn(C)c(CC)c1CNC(=O)Nc1ccc(Oc2ccccc2)nc1. The van der Waals surface area contributed by atoms with Crippen molar-refractivity contribution in [2.45, 2.75) is 33.2 Å². The number of nitrogens with zero attached hydrogens (tertiary/aromatic N) is 3. The first-order valence-corrected chi connectivity index (χ1v) is 9.38. The number of aromatic nitrogens is 3. The monoisotopic (exact) mass is 379 g/mol. The number of carbonyl (C=O) groups excluding carboxylic acids is 1. The Morgan fingerprint density at radius 1 is 1.11 bits per heavy atom. The molecule has 7 nitrogen and oxygen atoms in total. The molecule has 2 aromatic heterocycles. The van der Waals surface area contributed by atoms with Gasteiger partial charge in [0.1, 0.15) is 5.75 Å². The summed E-state index contributed by atoms with van der Waals surface area (Å²) in [5, 5.41) is 10.2. The van der Waals surface area contributed by atoms with E-state index in [1.807, 2.05) is 42.1 Å². The molecule has 0 atom stereocenters. The Hall–Kier alpha value is -3.35. The molecule has 2 heterocycles. The van der Waals surface area contributed by atoms with Crippen molar-refractivity contribution in [2.24, 2.45) is 7.05 Å². The number of urea groups is 1. The molecule has 2 N–H and O–H groups in total. The van der Waals surface area contributed by atoms with Crippen molar-refractivity contribution in [1.29, 1.82) is 0 Å². The topological polar surface area (TPSA) is 81.1 Å². The second-order valence-corrected chi connectivity index (χ2v) is 6.31. The first-order chi connectivity index (χ1) is 13.6. The van der Waals surface area contributed by atoms with Crippen LogP contribution in [0.4, 0.5) is 10.5 Å². The number of ether oxygens (including phenoxy) is 1. The Morgan fingerprint density at radius 2 is 1.89 bits per heavy atom. The predicted octanol–water partition coefficient (Wildman–Crippen LogP) is 4.05. The fourth-order valence-electron chi connectivity index (χ4n) is 3.06. The average molecular weight is 379 g/mol. The van der Waals surface area contributed by atoms with Gasteiger partial charge in [-0.05, 0) is 31.0 Å². The zero-order valence-corrected chi connectivity index (χ0v) is 16.4. The van der Waals surface area contributed by atoms with Gasteiger partial charge in [0, 0.05) is 30.9 Å². The largest absolute Gasteiger partial charge is 0.439 e. The van der Waals surface area contributed by atoms with Crippen molar-refractivity contribution in [3.8, 4) is 11.6 Å². The van der Waals surface area contributed by atoms with E-state index >= 15 is 0 Å². The highest BCUT2D eigenvalue weighted by molar-refractivity contribution is 5.89. The maximum Gasteiger partial charge on any atom is 0.319 e. The first kappa shape index (κ1) is 19.4. The highest BCUT2D eigenvalue weighted by Crippen LogP contribution is 2.20. The number of anilines is 1. The standard InChI is InChI=1S/C21H25N5O2/c1-4-18-17(19(5-2)26(3)25-18)14-23-21(27)24-15-11-12-20(22-13-15)28-16-9-7-6-8-10-16/h6-13H,4-5,14H2,1-3H3,(H2,23,24,27). The minimum atomic E-state index is -0.286. The number of hydrogen-bond acceptors (Lipinski definition) is 4. The van der Waals surface area contributed by atoms with E-state index < -0.39 is 0 Å². The summed E-state index contributed by atoms with van der Waals surface area (Å²) in [4.78, 5) is 16.5. The van der Waals surface area contributed by atoms with Gasteiger partial charge in [-0.1, -0.05) is 32.0 Å². The Morgan fingerprint density at radius 3 is 2.54 bits per heavy atom. The molecule has 3 aromatic rings. The Labute approximate surface area is 164 Å². The Balaban J connectivity index is 1.57. The van der Waals surface area contributed by atoms with Gasteiger partial charge in [0.2, 0.25) is 5.88 Å². The van der Waals surface area contributed by atoms with Crippen molar-refractivity contribution < 1.29 is 9.53 Å². The molecule has 3 rings (SSSR count).